The lowest BCUT2D eigenvalue weighted by atomic mass is 9.95. The summed E-state index contributed by atoms with van der Waals surface area (Å²) < 4.78 is 4.59. The number of ketones is 1. The van der Waals surface area contributed by atoms with Crippen LogP contribution in [-0.2, 0) is 25.5 Å². The highest BCUT2D eigenvalue weighted by atomic mass is 16.5. The van der Waals surface area contributed by atoms with E-state index in [1.807, 2.05) is 19.1 Å². The van der Waals surface area contributed by atoms with Crippen molar-refractivity contribution in [3.63, 3.8) is 0 Å². The third-order valence-corrected chi connectivity index (χ3v) is 3.91. The lowest BCUT2D eigenvalue weighted by Gasteiger charge is -2.25. The first-order chi connectivity index (χ1) is 10.9. The van der Waals surface area contributed by atoms with Gasteiger partial charge in [0.1, 0.15) is 6.54 Å². The number of ether oxygens (including phenoxy) is 1. The molecule has 1 aliphatic heterocycles. The first-order valence-corrected chi connectivity index (χ1v) is 7.31. The molecule has 1 unspecified atom stereocenters. The Labute approximate surface area is 134 Å². The number of hydrogen-bond donors (Lipinski definition) is 1. The maximum atomic E-state index is 12.2. The lowest BCUT2D eigenvalue weighted by Crippen LogP contribution is -2.36. The summed E-state index contributed by atoms with van der Waals surface area (Å²) in [5, 5.41) is 10.0. The minimum atomic E-state index is -0.787. The van der Waals surface area contributed by atoms with Crippen LogP contribution in [0.3, 0.4) is 0 Å². The molecule has 23 heavy (non-hydrogen) atoms. The molecule has 0 saturated heterocycles. The average Bonchev–Trinajstić information content (AvgIpc) is 2.79. The second kappa shape index (κ2) is 6.64. The van der Waals surface area contributed by atoms with Gasteiger partial charge in [0.05, 0.1) is 18.7 Å². The van der Waals surface area contributed by atoms with Crippen molar-refractivity contribution >= 4 is 17.7 Å². The van der Waals surface area contributed by atoms with Gasteiger partial charge < -0.3 is 14.7 Å². The third kappa shape index (κ3) is 3.11. The van der Waals surface area contributed by atoms with Crippen LogP contribution in [0.1, 0.15) is 31.0 Å². The first-order valence-electron chi connectivity index (χ1n) is 7.31. The van der Waals surface area contributed by atoms with Gasteiger partial charge in [0.2, 0.25) is 0 Å². The number of aliphatic hydroxyl groups excluding tert-OH is 1. The van der Waals surface area contributed by atoms with Gasteiger partial charge in [0, 0.05) is 0 Å². The average molecular weight is 317 g/mol. The van der Waals surface area contributed by atoms with Crippen molar-refractivity contribution in [2.45, 2.75) is 26.3 Å². The number of Topliss-reactive ketones (excluding diaryl/α,β-unsaturated/α-hetero) is 1. The molecule has 0 fully saturated rings. The zero-order valence-electron chi connectivity index (χ0n) is 13.3. The third-order valence-electron chi connectivity index (χ3n) is 3.91. The van der Waals surface area contributed by atoms with Crippen LogP contribution in [0.15, 0.2) is 35.6 Å². The van der Waals surface area contributed by atoms with Crippen LogP contribution in [0.2, 0.25) is 0 Å². The Bertz CT molecular complexity index is 675. The topological polar surface area (TPSA) is 83.9 Å². The molecule has 1 heterocycles. The monoisotopic (exact) mass is 317 g/mol. The Morgan fingerprint density at radius 1 is 1.26 bits per heavy atom. The minimum Gasteiger partial charge on any atom is -0.503 e. The summed E-state index contributed by atoms with van der Waals surface area (Å²) in [6.45, 7) is 2.97. The summed E-state index contributed by atoms with van der Waals surface area (Å²) >= 11 is 0. The molecule has 1 N–H and O–H groups in total. The highest BCUT2D eigenvalue weighted by Gasteiger charge is 2.43. The second-order valence-electron chi connectivity index (χ2n) is 5.33. The molecule has 2 rings (SSSR count). The molecule has 0 bridgehead atoms. The van der Waals surface area contributed by atoms with E-state index >= 15 is 0 Å². The number of benzene rings is 1. The van der Waals surface area contributed by atoms with E-state index in [0.717, 1.165) is 16.9 Å². The Morgan fingerprint density at radius 3 is 2.35 bits per heavy atom. The summed E-state index contributed by atoms with van der Waals surface area (Å²) in [6, 6.07) is 6.59. The van der Waals surface area contributed by atoms with E-state index in [2.05, 4.69) is 4.74 Å². The lowest BCUT2D eigenvalue weighted by molar-refractivity contribution is -0.146. The molecular weight excluding hydrogens is 298 g/mol. The highest BCUT2D eigenvalue weighted by molar-refractivity contribution is 6.08. The predicted octanol–water partition coefficient (Wildman–Crippen LogP) is 1.71. The summed E-state index contributed by atoms with van der Waals surface area (Å²) in [4.78, 5) is 36.9. The van der Waals surface area contributed by atoms with E-state index in [1.165, 1.54) is 14.0 Å². The fourth-order valence-electron chi connectivity index (χ4n) is 2.66. The minimum absolute atomic E-state index is 0.00292. The number of methoxy groups -OCH3 is 1. The molecule has 1 amide bonds. The van der Waals surface area contributed by atoms with Gasteiger partial charge >= 0.3 is 5.97 Å². The van der Waals surface area contributed by atoms with Crippen LogP contribution in [0.4, 0.5) is 0 Å². The van der Waals surface area contributed by atoms with Gasteiger partial charge in [-0.3, -0.25) is 14.4 Å². The number of hydrogen-bond acceptors (Lipinski definition) is 5. The SMILES string of the molecule is CCc1ccc(C2C(C(C)=O)=C(O)C(=O)N2CC(=O)OC)cc1. The van der Waals surface area contributed by atoms with Gasteiger partial charge in [-0.15, -0.1) is 0 Å². The van der Waals surface area contributed by atoms with Crippen molar-refractivity contribution < 1.29 is 24.2 Å². The smallest absolute Gasteiger partial charge is 0.325 e. The zero-order chi connectivity index (χ0) is 17.1. The van der Waals surface area contributed by atoms with Gasteiger partial charge in [-0.2, -0.15) is 0 Å². The van der Waals surface area contributed by atoms with Gasteiger partial charge in [-0.25, -0.2) is 0 Å². The fraction of sp³-hybridized carbons (Fsp3) is 0.353. The largest absolute Gasteiger partial charge is 0.503 e. The van der Waals surface area contributed by atoms with E-state index in [1.54, 1.807) is 12.1 Å². The molecule has 0 aliphatic carbocycles. The van der Waals surface area contributed by atoms with Crippen molar-refractivity contribution in [3.8, 4) is 0 Å². The van der Waals surface area contributed by atoms with Crippen molar-refractivity contribution in [2.75, 3.05) is 13.7 Å². The van der Waals surface area contributed by atoms with Gasteiger partial charge in [0.15, 0.2) is 11.5 Å². The molecular formula is C17H19NO5. The number of rotatable bonds is 5. The molecule has 1 aromatic rings. The van der Waals surface area contributed by atoms with E-state index in [0.29, 0.717) is 5.56 Å². The second-order valence-corrected chi connectivity index (χ2v) is 5.33. The number of amides is 1. The van der Waals surface area contributed by atoms with Crippen LogP contribution in [-0.4, -0.2) is 41.3 Å². The summed E-state index contributed by atoms with van der Waals surface area (Å²) in [7, 11) is 1.22. The maximum absolute atomic E-state index is 12.2. The number of aliphatic hydroxyl groups is 1. The number of carbonyl (C=O) groups excluding carboxylic acids is 3. The number of nitrogens with zero attached hydrogens (tertiary/aromatic N) is 1. The molecule has 0 saturated carbocycles. The van der Waals surface area contributed by atoms with Crippen molar-refractivity contribution in [3.05, 3.63) is 46.7 Å². The molecule has 122 valence electrons. The van der Waals surface area contributed by atoms with Crippen LogP contribution in [0.5, 0.6) is 0 Å². The van der Waals surface area contributed by atoms with Crippen LogP contribution in [0, 0.1) is 0 Å². The Morgan fingerprint density at radius 2 is 1.87 bits per heavy atom. The Hall–Kier alpha value is -2.63. The number of aryl methyl sites for hydroxylation is 1. The fourth-order valence-corrected chi connectivity index (χ4v) is 2.66. The van der Waals surface area contributed by atoms with Crippen molar-refractivity contribution in [2.24, 2.45) is 0 Å². The normalized spacial score (nSPS) is 17.6. The Kier molecular flexibility index (Phi) is 4.83. The Balaban J connectivity index is 2.48. The quantitative estimate of drug-likeness (QED) is 0.836. The molecule has 1 aromatic carbocycles. The van der Waals surface area contributed by atoms with Crippen molar-refractivity contribution in [1.29, 1.82) is 0 Å². The van der Waals surface area contributed by atoms with Crippen LogP contribution >= 0.6 is 0 Å². The molecule has 0 spiro atoms. The first kappa shape index (κ1) is 16.7. The predicted molar refractivity (Wildman–Crippen MR) is 82.6 cm³/mol. The van der Waals surface area contributed by atoms with Crippen molar-refractivity contribution in [1.82, 2.24) is 4.90 Å². The van der Waals surface area contributed by atoms with Gasteiger partial charge in [-0.1, -0.05) is 31.2 Å². The van der Waals surface area contributed by atoms with Gasteiger partial charge in [-0.05, 0) is 24.5 Å². The zero-order valence-corrected chi connectivity index (χ0v) is 13.3. The van der Waals surface area contributed by atoms with E-state index < -0.39 is 29.5 Å². The van der Waals surface area contributed by atoms with Gasteiger partial charge in [0.25, 0.3) is 5.91 Å². The summed E-state index contributed by atoms with van der Waals surface area (Å²) in [6.07, 6.45) is 0.858. The number of carbonyl (C=O) groups is 3. The molecule has 1 aliphatic rings. The highest BCUT2D eigenvalue weighted by Crippen LogP contribution is 2.37. The summed E-state index contributed by atoms with van der Waals surface area (Å²) in [5.41, 5.74) is 1.77. The molecule has 1 atom stereocenters. The molecule has 0 radical (unpaired) electrons. The summed E-state index contributed by atoms with van der Waals surface area (Å²) in [5.74, 6) is -2.38. The van der Waals surface area contributed by atoms with Crippen LogP contribution in [0.25, 0.3) is 0 Å². The van der Waals surface area contributed by atoms with E-state index in [9.17, 15) is 19.5 Å². The van der Waals surface area contributed by atoms with E-state index in [4.69, 9.17) is 0 Å². The standard InChI is InChI=1S/C17H19NO5/c1-4-11-5-7-12(8-6-11)15-14(10(2)19)16(21)17(22)18(15)9-13(20)23-3/h5-8,15,21H,4,9H2,1-3H3. The molecule has 6 nitrogen and oxygen atoms in total. The van der Waals surface area contributed by atoms with Crippen LogP contribution < -0.4 is 0 Å². The van der Waals surface area contributed by atoms with E-state index in [-0.39, 0.29) is 12.1 Å². The molecule has 6 heteroatoms. The number of esters is 1. The maximum Gasteiger partial charge on any atom is 0.325 e. The molecule has 0 aromatic heterocycles.